The molecule has 3 nitrogen and oxygen atoms in total. The third-order valence-corrected chi connectivity index (χ3v) is 3.67. The van der Waals surface area contributed by atoms with E-state index in [0.717, 1.165) is 16.8 Å². The zero-order chi connectivity index (χ0) is 15.0. The van der Waals surface area contributed by atoms with Gasteiger partial charge in [0.05, 0.1) is 11.3 Å². The van der Waals surface area contributed by atoms with E-state index in [1.807, 2.05) is 49.4 Å². The first-order chi connectivity index (χ1) is 10.1. The van der Waals surface area contributed by atoms with Gasteiger partial charge in [0, 0.05) is 11.3 Å². The number of hydrogen-bond donors (Lipinski definition) is 1. The number of ketones is 2. The molecule has 3 heteroatoms. The molecule has 0 bridgehead atoms. The zero-order valence-electron chi connectivity index (χ0n) is 11.9. The number of benzene rings is 2. The molecule has 0 radical (unpaired) electrons. The molecule has 1 heterocycles. The van der Waals surface area contributed by atoms with E-state index >= 15 is 0 Å². The molecule has 3 rings (SSSR count). The predicted octanol–water partition coefficient (Wildman–Crippen LogP) is 3.60. The summed E-state index contributed by atoms with van der Waals surface area (Å²) in [5.41, 5.74) is 3.96. The summed E-state index contributed by atoms with van der Waals surface area (Å²) in [6.07, 6.45) is 0. The molecule has 0 fully saturated rings. The number of rotatable bonds is 2. The van der Waals surface area contributed by atoms with Crippen molar-refractivity contribution in [2.75, 3.05) is 5.32 Å². The summed E-state index contributed by atoms with van der Waals surface area (Å²) >= 11 is 0. The maximum atomic E-state index is 12.6. The average Bonchev–Trinajstić information content (AvgIpc) is 2.79. The number of para-hydroxylation sites is 1. The third kappa shape index (κ3) is 2.17. The number of carbonyl (C=O) groups is 2. The van der Waals surface area contributed by atoms with E-state index in [-0.39, 0.29) is 11.6 Å². The number of carbonyl (C=O) groups excluding carboxylic acids is 2. The molecule has 0 spiro atoms. The van der Waals surface area contributed by atoms with Crippen LogP contribution >= 0.6 is 0 Å². The molecule has 2 aromatic carbocycles. The molecule has 1 N–H and O–H groups in total. The number of hydrogen-bond acceptors (Lipinski definition) is 3. The van der Waals surface area contributed by atoms with Gasteiger partial charge < -0.3 is 5.32 Å². The second-order valence-corrected chi connectivity index (χ2v) is 5.12. The molecule has 0 amide bonds. The van der Waals surface area contributed by atoms with Crippen LogP contribution < -0.4 is 5.32 Å². The van der Waals surface area contributed by atoms with E-state index in [9.17, 15) is 9.59 Å². The number of aryl methyl sites for hydroxylation is 1. The van der Waals surface area contributed by atoms with Gasteiger partial charge >= 0.3 is 0 Å². The fraction of sp³-hybridized carbons (Fsp3) is 0.111. The van der Waals surface area contributed by atoms with E-state index in [1.165, 1.54) is 6.92 Å². The fourth-order valence-electron chi connectivity index (χ4n) is 2.65. The second kappa shape index (κ2) is 5.02. The van der Waals surface area contributed by atoms with Crippen LogP contribution in [0.3, 0.4) is 0 Å². The predicted molar refractivity (Wildman–Crippen MR) is 83.2 cm³/mol. The maximum Gasteiger partial charge on any atom is 0.212 e. The Kier molecular flexibility index (Phi) is 3.18. The van der Waals surface area contributed by atoms with Crippen LogP contribution in [0.25, 0.3) is 5.57 Å². The first-order valence-corrected chi connectivity index (χ1v) is 6.81. The fourth-order valence-corrected chi connectivity index (χ4v) is 2.65. The van der Waals surface area contributed by atoms with Crippen LogP contribution in [0.4, 0.5) is 5.69 Å². The highest BCUT2D eigenvalue weighted by molar-refractivity contribution is 6.32. The Balaban J connectivity index is 2.22. The lowest BCUT2D eigenvalue weighted by Crippen LogP contribution is -2.10. The van der Waals surface area contributed by atoms with Crippen molar-refractivity contribution < 1.29 is 9.59 Å². The smallest absolute Gasteiger partial charge is 0.212 e. The summed E-state index contributed by atoms with van der Waals surface area (Å²) < 4.78 is 0. The Morgan fingerprint density at radius 2 is 1.67 bits per heavy atom. The largest absolute Gasteiger partial charge is 0.351 e. The molecule has 0 unspecified atom stereocenters. The average molecular weight is 277 g/mol. The molecule has 104 valence electrons. The summed E-state index contributed by atoms with van der Waals surface area (Å²) in [4.78, 5) is 24.7. The van der Waals surface area contributed by atoms with Crippen molar-refractivity contribution in [2.45, 2.75) is 13.8 Å². The molecule has 0 atom stereocenters. The first-order valence-electron chi connectivity index (χ1n) is 6.81. The minimum Gasteiger partial charge on any atom is -0.351 e. The van der Waals surface area contributed by atoms with Gasteiger partial charge in [-0.05, 0) is 37.1 Å². The molecule has 1 aliphatic heterocycles. The first kappa shape index (κ1) is 13.3. The van der Waals surface area contributed by atoms with Crippen molar-refractivity contribution in [3.8, 4) is 0 Å². The zero-order valence-corrected chi connectivity index (χ0v) is 11.9. The molecule has 0 saturated carbocycles. The Labute approximate surface area is 123 Å². The topological polar surface area (TPSA) is 46.2 Å². The quantitative estimate of drug-likeness (QED) is 0.853. The van der Waals surface area contributed by atoms with Crippen molar-refractivity contribution in [1.82, 2.24) is 0 Å². The Morgan fingerprint density at radius 3 is 2.33 bits per heavy atom. The highest BCUT2D eigenvalue weighted by Gasteiger charge is 2.29. The lowest BCUT2D eigenvalue weighted by molar-refractivity contribution is -0.111. The summed E-state index contributed by atoms with van der Waals surface area (Å²) in [5, 5.41) is 3.10. The molecule has 21 heavy (non-hydrogen) atoms. The standard InChI is InChI=1S/C18H15NO2/c1-11-7-3-4-8-13(11)16(12(2)20)17-18(21)14-9-5-6-10-15(14)19-17/h3-10,19H,1-2H3/b17-16+. The summed E-state index contributed by atoms with van der Waals surface area (Å²) in [7, 11) is 0. The van der Waals surface area contributed by atoms with Crippen LogP contribution in [-0.4, -0.2) is 11.6 Å². The van der Waals surface area contributed by atoms with Gasteiger partial charge in [-0.25, -0.2) is 0 Å². The minimum absolute atomic E-state index is 0.118. The Hall–Kier alpha value is -2.68. The second-order valence-electron chi connectivity index (χ2n) is 5.12. The molecule has 0 aliphatic carbocycles. The third-order valence-electron chi connectivity index (χ3n) is 3.67. The number of Topliss-reactive ketones (excluding diaryl/α,β-unsaturated/α-hetero) is 2. The molecule has 0 saturated heterocycles. The molecular weight excluding hydrogens is 262 g/mol. The van der Waals surface area contributed by atoms with Crippen LogP contribution in [0.1, 0.15) is 28.4 Å². The van der Waals surface area contributed by atoms with Crippen LogP contribution in [0.2, 0.25) is 0 Å². The van der Waals surface area contributed by atoms with E-state index in [1.54, 1.807) is 6.07 Å². The van der Waals surface area contributed by atoms with Crippen LogP contribution in [0, 0.1) is 6.92 Å². The number of nitrogens with one attached hydrogen (secondary N) is 1. The van der Waals surface area contributed by atoms with Gasteiger partial charge in [-0.3, -0.25) is 9.59 Å². The SMILES string of the molecule is CC(=O)/C(=C1\Nc2ccccc2C1=O)c1ccccc1C. The number of fused-ring (bicyclic) bond motifs is 1. The van der Waals surface area contributed by atoms with Crippen molar-refractivity contribution in [3.05, 3.63) is 70.9 Å². The lowest BCUT2D eigenvalue weighted by Gasteiger charge is -2.11. The van der Waals surface area contributed by atoms with Crippen LogP contribution in [0.5, 0.6) is 0 Å². The summed E-state index contributed by atoms with van der Waals surface area (Å²) in [6.45, 7) is 3.43. The van der Waals surface area contributed by atoms with Crippen molar-refractivity contribution in [2.24, 2.45) is 0 Å². The van der Waals surface area contributed by atoms with E-state index in [2.05, 4.69) is 5.32 Å². The molecular formula is C18H15NO2. The molecule has 2 aromatic rings. The van der Waals surface area contributed by atoms with Gasteiger partial charge in [0.1, 0.15) is 0 Å². The number of allylic oxidation sites excluding steroid dienone is 2. The van der Waals surface area contributed by atoms with Crippen molar-refractivity contribution >= 4 is 22.8 Å². The van der Waals surface area contributed by atoms with Gasteiger partial charge in [-0.1, -0.05) is 36.4 Å². The van der Waals surface area contributed by atoms with Gasteiger partial charge in [0.25, 0.3) is 0 Å². The number of anilines is 1. The Morgan fingerprint density at radius 1 is 1.00 bits per heavy atom. The van der Waals surface area contributed by atoms with E-state index in [4.69, 9.17) is 0 Å². The van der Waals surface area contributed by atoms with E-state index in [0.29, 0.717) is 16.8 Å². The minimum atomic E-state index is -0.126. The Bertz CT molecular complexity index is 787. The van der Waals surface area contributed by atoms with E-state index < -0.39 is 0 Å². The highest BCUT2D eigenvalue weighted by atomic mass is 16.1. The lowest BCUT2D eigenvalue weighted by atomic mass is 9.94. The summed E-state index contributed by atoms with van der Waals surface area (Å²) in [6, 6.07) is 14.9. The monoisotopic (exact) mass is 277 g/mol. The van der Waals surface area contributed by atoms with Gasteiger partial charge in [0.2, 0.25) is 5.78 Å². The highest BCUT2D eigenvalue weighted by Crippen LogP contribution is 2.33. The molecule has 0 aromatic heterocycles. The van der Waals surface area contributed by atoms with Gasteiger partial charge in [0.15, 0.2) is 5.78 Å². The normalized spacial score (nSPS) is 15.4. The van der Waals surface area contributed by atoms with Crippen LogP contribution in [0.15, 0.2) is 54.2 Å². The van der Waals surface area contributed by atoms with Crippen LogP contribution in [-0.2, 0) is 4.79 Å². The maximum absolute atomic E-state index is 12.6. The van der Waals surface area contributed by atoms with Gasteiger partial charge in [-0.15, -0.1) is 0 Å². The summed E-state index contributed by atoms with van der Waals surface area (Å²) in [5.74, 6) is -0.244. The van der Waals surface area contributed by atoms with Crippen molar-refractivity contribution in [3.63, 3.8) is 0 Å². The van der Waals surface area contributed by atoms with Crippen molar-refractivity contribution in [1.29, 1.82) is 0 Å². The van der Waals surface area contributed by atoms with Gasteiger partial charge in [-0.2, -0.15) is 0 Å². The molecule has 1 aliphatic rings.